The normalized spacial score (nSPS) is 20.5. The third-order valence-electron chi connectivity index (χ3n) is 4.57. The number of alkyl halides is 4. The monoisotopic (exact) mass is 344 g/mol. The van der Waals surface area contributed by atoms with Crippen molar-refractivity contribution in [2.75, 3.05) is 13.1 Å². The van der Waals surface area contributed by atoms with Gasteiger partial charge in [0.25, 0.3) is 5.91 Å². The molecule has 0 aliphatic carbocycles. The SMILES string of the molecule is CC(C)N1Cc2c(cc(CN3CC(C)(F)C3)cc2C(F)(F)F)C1=O. The van der Waals surface area contributed by atoms with Gasteiger partial charge in [-0.3, -0.25) is 9.69 Å². The number of benzene rings is 1. The fraction of sp³-hybridized carbons (Fsp3) is 0.588. The summed E-state index contributed by atoms with van der Waals surface area (Å²) in [6.45, 7) is 5.60. The van der Waals surface area contributed by atoms with Gasteiger partial charge in [0.15, 0.2) is 0 Å². The summed E-state index contributed by atoms with van der Waals surface area (Å²) in [6.07, 6.45) is -4.52. The van der Waals surface area contributed by atoms with Gasteiger partial charge in [-0.25, -0.2) is 4.39 Å². The Labute approximate surface area is 138 Å². The number of nitrogens with zero attached hydrogens (tertiary/aromatic N) is 2. The molecule has 1 amide bonds. The van der Waals surface area contributed by atoms with Crippen LogP contribution >= 0.6 is 0 Å². The maximum absolute atomic E-state index is 13.6. The van der Waals surface area contributed by atoms with Crippen LogP contribution in [0.25, 0.3) is 0 Å². The van der Waals surface area contributed by atoms with Gasteiger partial charge in [0.2, 0.25) is 0 Å². The van der Waals surface area contributed by atoms with Crippen LogP contribution in [0.5, 0.6) is 0 Å². The van der Waals surface area contributed by atoms with E-state index in [0.29, 0.717) is 5.56 Å². The standard InChI is InChI=1S/C17H20F4N2O/c1-10(2)23-7-13-12(15(23)24)4-11(5-14(13)17(19,20)21)6-22-8-16(3,18)9-22/h4-5,10H,6-9H2,1-3H3. The van der Waals surface area contributed by atoms with Gasteiger partial charge in [-0.1, -0.05) is 0 Å². The summed E-state index contributed by atoms with van der Waals surface area (Å²) in [4.78, 5) is 15.6. The molecule has 3 rings (SSSR count). The van der Waals surface area contributed by atoms with E-state index in [-0.39, 0.29) is 49.3 Å². The second-order valence-corrected chi connectivity index (χ2v) is 7.25. The van der Waals surface area contributed by atoms with Crippen LogP contribution in [0.15, 0.2) is 12.1 Å². The van der Waals surface area contributed by atoms with E-state index < -0.39 is 17.4 Å². The molecular weight excluding hydrogens is 324 g/mol. The van der Waals surface area contributed by atoms with Crippen molar-refractivity contribution in [2.45, 2.75) is 51.7 Å². The van der Waals surface area contributed by atoms with Crippen molar-refractivity contribution in [3.63, 3.8) is 0 Å². The van der Waals surface area contributed by atoms with Crippen LogP contribution in [0.4, 0.5) is 17.6 Å². The van der Waals surface area contributed by atoms with E-state index >= 15 is 0 Å². The predicted octanol–water partition coefficient (Wildman–Crippen LogP) is 3.61. The lowest BCUT2D eigenvalue weighted by Gasteiger charge is -2.42. The van der Waals surface area contributed by atoms with E-state index in [4.69, 9.17) is 0 Å². The zero-order valence-corrected chi connectivity index (χ0v) is 13.9. The predicted molar refractivity (Wildman–Crippen MR) is 81.2 cm³/mol. The van der Waals surface area contributed by atoms with Crippen molar-refractivity contribution in [1.29, 1.82) is 0 Å². The molecule has 1 aromatic carbocycles. The number of hydrogen-bond donors (Lipinski definition) is 0. The Balaban J connectivity index is 1.95. The zero-order valence-electron chi connectivity index (χ0n) is 13.9. The minimum absolute atomic E-state index is 0.0206. The van der Waals surface area contributed by atoms with E-state index in [0.717, 1.165) is 6.07 Å². The van der Waals surface area contributed by atoms with Crippen molar-refractivity contribution in [2.24, 2.45) is 0 Å². The number of carbonyl (C=O) groups is 1. The molecule has 132 valence electrons. The van der Waals surface area contributed by atoms with Gasteiger partial charge in [0.05, 0.1) is 5.56 Å². The Bertz CT molecular complexity index is 674. The first-order chi connectivity index (χ1) is 11.0. The highest BCUT2D eigenvalue weighted by Crippen LogP contribution is 2.39. The number of hydrogen-bond acceptors (Lipinski definition) is 2. The number of halogens is 4. The Hall–Kier alpha value is -1.63. The summed E-state index contributed by atoms with van der Waals surface area (Å²) >= 11 is 0. The highest BCUT2D eigenvalue weighted by atomic mass is 19.4. The molecule has 0 atom stereocenters. The van der Waals surface area contributed by atoms with Gasteiger partial charge in [0, 0.05) is 37.8 Å². The molecule has 7 heteroatoms. The first kappa shape index (κ1) is 17.2. The van der Waals surface area contributed by atoms with Crippen molar-refractivity contribution in [3.05, 3.63) is 34.4 Å². The zero-order chi connectivity index (χ0) is 17.9. The van der Waals surface area contributed by atoms with E-state index in [1.54, 1.807) is 18.7 Å². The fourth-order valence-corrected chi connectivity index (χ4v) is 3.51. The first-order valence-corrected chi connectivity index (χ1v) is 7.93. The second-order valence-electron chi connectivity index (χ2n) is 7.25. The lowest BCUT2D eigenvalue weighted by molar-refractivity contribution is -0.138. The summed E-state index contributed by atoms with van der Waals surface area (Å²) in [5.74, 6) is -0.369. The minimum Gasteiger partial charge on any atom is -0.332 e. The van der Waals surface area contributed by atoms with Gasteiger partial charge >= 0.3 is 6.18 Å². The van der Waals surface area contributed by atoms with Crippen molar-refractivity contribution in [3.8, 4) is 0 Å². The smallest absolute Gasteiger partial charge is 0.332 e. The lowest BCUT2D eigenvalue weighted by Crippen LogP contribution is -2.56. The molecule has 0 bridgehead atoms. The molecule has 2 heterocycles. The van der Waals surface area contributed by atoms with Crippen molar-refractivity contribution in [1.82, 2.24) is 9.80 Å². The molecule has 1 fully saturated rings. The third-order valence-corrected chi connectivity index (χ3v) is 4.57. The number of amides is 1. The average Bonchev–Trinajstić information content (AvgIpc) is 2.72. The maximum Gasteiger partial charge on any atom is 0.416 e. The number of likely N-dealkylation sites (tertiary alicyclic amines) is 1. The molecule has 1 aromatic rings. The average molecular weight is 344 g/mol. The molecule has 24 heavy (non-hydrogen) atoms. The lowest BCUT2D eigenvalue weighted by atomic mass is 9.95. The van der Waals surface area contributed by atoms with Crippen LogP contribution in [-0.2, 0) is 19.3 Å². The van der Waals surface area contributed by atoms with E-state index in [1.807, 2.05) is 0 Å². The van der Waals surface area contributed by atoms with Crippen LogP contribution < -0.4 is 0 Å². The summed E-state index contributed by atoms with van der Waals surface area (Å²) in [7, 11) is 0. The van der Waals surface area contributed by atoms with Crippen LogP contribution in [0.3, 0.4) is 0 Å². The molecular formula is C17H20F4N2O. The van der Waals surface area contributed by atoms with E-state index in [1.165, 1.54) is 17.9 Å². The second kappa shape index (κ2) is 5.44. The quantitative estimate of drug-likeness (QED) is 0.782. The number of carbonyl (C=O) groups excluding carboxylic acids is 1. The maximum atomic E-state index is 13.6. The fourth-order valence-electron chi connectivity index (χ4n) is 3.51. The van der Waals surface area contributed by atoms with Gasteiger partial charge in [-0.15, -0.1) is 0 Å². The molecule has 2 aliphatic rings. The van der Waals surface area contributed by atoms with Crippen molar-refractivity contribution >= 4 is 5.91 Å². The Kier molecular flexibility index (Phi) is 3.90. The number of rotatable bonds is 3. The molecule has 2 aliphatic heterocycles. The Morgan fingerprint density at radius 2 is 1.88 bits per heavy atom. The summed E-state index contributed by atoms with van der Waals surface area (Å²) < 4.78 is 53.9. The van der Waals surface area contributed by atoms with Crippen molar-refractivity contribution < 1.29 is 22.4 Å². The molecule has 0 saturated carbocycles. The van der Waals surface area contributed by atoms with Crippen LogP contribution in [0, 0.1) is 0 Å². The van der Waals surface area contributed by atoms with E-state index in [9.17, 15) is 22.4 Å². The van der Waals surface area contributed by atoms with Gasteiger partial charge < -0.3 is 4.90 Å². The molecule has 0 N–H and O–H groups in total. The topological polar surface area (TPSA) is 23.6 Å². The highest BCUT2D eigenvalue weighted by Gasteiger charge is 2.42. The van der Waals surface area contributed by atoms with Crippen LogP contribution in [-0.4, -0.2) is 40.5 Å². The minimum atomic E-state index is -4.52. The number of fused-ring (bicyclic) bond motifs is 1. The highest BCUT2D eigenvalue weighted by molar-refractivity contribution is 5.99. The van der Waals surface area contributed by atoms with Gasteiger partial charge in [0.1, 0.15) is 5.67 Å². The molecule has 3 nitrogen and oxygen atoms in total. The Morgan fingerprint density at radius 3 is 2.38 bits per heavy atom. The Morgan fingerprint density at radius 1 is 1.25 bits per heavy atom. The van der Waals surface area contributed by atoms with Crippen LogP contribution in [0.2, 0.25) is 0 Å². The summed E-state index contributed by atoms with van der Waals surface area (Å²) in [5, 5.41) is 0. The van der Waals surface area contributed by atoms with Gasteiger partial charge in [-0.05, 0) is 44.0 Å². The summed E-state index contributed by atoms with van der Waals surface area (Å²) in [6, 6.07) is 2.46. The molecule has 0 unspecified atom stereocenters. The largest absolute Gasteiger partial charge is 0.416 e. The van der Waals surface area contributed by atoms with Gasteiger partial charge in [-0.2, -0.15) is 13.2 Å². The molecule has 0 spiro atoms. The molecule has 1 saturated heterocycles. The molecule has 0 radical (unpaired) electrons. The van der Waals surface area contributed by atoms with E-state index in [2.05, 4.69) is 0 Å². The molecule has 0 aromatic heterocycles. The summed E-state index contributed by atoms with van der Waals surface area (Å²) in [5.41, 5.74) is -1.47. The first-order valence-electron chi connectivity index (χ1n) is 7.93. The van der Waals surface area contributed by atoms with Crippen LogP contribution in [0.1, 0.15) is 47.8 Å². The third kappa shape index (κ3) is 3.01.